The van der Waals surface area contributed by atoms with Crippen molar-refractivity contribution in [2.75, 3.05) is 160 Å². The molecule has 2 unspecified atom stereocenters. The Morgan fingerprint density at radius 3 is 0.536 bits per heavy atom. The monoisotopic (exact) mass is 1380 g/mol. The molecule has 0 N–H and O–H groups in total. The van der Waals surface area contributed by atoms with Crippen LogP contribution in [-0.2, 0) is 42.6 Å². The van der Waals surface area contributed by atoms with Crippen LogP contribution in [0.25, 0.3) is 0 Å². The molecular weight excluding hydrogens is 1200 g/mol. The van der Waals surface area contributed by atoms with E-state index in [0.717, 1.165) is 87.3 Å². The fourth-order valence-electron chi connectivity index (χ4n) is 13.5. The highest BCUT2D eigenvalue weighted by molar-refractivity contribution is 4.61. The second kappa shape index (κ2) is 81.2. The Morgan fingerprint density at radius 1 is 0.175 bits per heavy atom. The predicted octanol–water partition coefficient (Wildman–Crippen LogP) is 24.0. The zero-order valence-electron chi connectivity index (χ0n) is 67.5. The minimum atomic E-state index is 0.102. The van der Waals surface area contributed by atoms with E-state index in [9.17, 15) is 0 Å². The molecule has 0 spiro atoms. The summed E-state index contributed by atoms with van der Waals surface area (Å²) < 4.78 is 57.2. The van der Waals surface area contributed by atoms with E-state index in [1.54, 1.807) is 0 Å². The van der Waals surface area contributed by atoms with Gasteiger partial charge >= 0.3 is 0 Å². The zero-order chi connectivity index (χ0) is 70.3. The molecule has 0 radical (unpaired) electrons. The van der Waals surface area contributed by atoms with Crippen LogP contribution in [0.4, 0.5) is 0 Å². The van der Waals surface area contributed by atoms with Crippen LogP contribution in [0.5, 0.6) is 0 Å². The highest BCUT2D eigenvalue weighted by Gasteiger charge is 2.25. The normalized spacial score (nSPS) is 12.9. The van der Waals surface area contributed by atoms with Crippen molar-refractivity contribution in [1.29, 1.82) is 0 Å². The molecule has 11 nitrogen and oxygen atoms in total. The maximum atomic E-state index is 6.59. The molecule has 0 aromatic rings. The van der Waals surface area contributed by atoms with Crippen molar-refractivity contribution >= 4 is 0 Å². The van der Waals surface area contributed by atoms with Gasteiger partial charge in [0, 0.05) is 26.4 Å². The van der Waals surface area contributed by atoms with E-state index < -0.39 is 0 Å². The van der Waals surface area contributed by atoms with E-state index in [1.807, 2.05) is 0 Å². The maximum absolute atomic E-state index is 6.59. The van der Waals surface area contributed by atoms with Gasteiger partial charge in [-0.3, -0.25) is 0 Å². The van der Waals surface area contributed by atoms with Crippen molar-refractivity contribution in [3.05, 3.63) is 0 Å². The topological polar surface area (TPSA) is 83.1 Å². The van der Waals surface area contributed by atoms with E-state index in [4.69, 9.17) is 42.6 Å². The number of hydrogen-bond acceptors (Lipinski definition) is 9. The molecule has 0 aliphatic rings. The van der Waals surface area contributed by atoms with Gasteiger partial charge in [-0.05, 0) is 25.7 Å². The Hall–Kier alpha value is -0.440. The highest BCUT2D eigenvalue weighted by atomic mass is 16.6. The van der Waals surface area contributed by atoms with Crippen molar-refractivity contribution in [2.24, 2.45) is 0 Å². The summed E-state index contributed by atoms with van der Waals surface area (Å²) in [5.41, 5.74) is 0. The summed E-state index contributed by atoms with van der Waals surface area (Å²) >= 11 is 0. The fraction of sp³-hybridized carbons (Fsp3) is 1.00. The molecule has 0 aromatic heterocycles. The third-order valence-corrected chi connectivity index (χ3v) is 20.2. The van der Waals surface area contributed by atoms with Gasteiger partial charge in [0.05, 0.1) is 107 Å². The Balaban J connectivity index is 4.46. The largest absolute Gasteiger partial charge is 0.379 e. The van der Waals surface area contributed by atoms with E-state index >= 15 is 0 Å². The van der Waals surface area contributed by atoms with Crippen molar-refractivity contribution < 1.29 is 51.6 Å². The van der Waals surface area contributed by atoms with Crippen molar-refractivity contribution in [1.82, 2.24) is 0 Å². The number of unbranched alkanes of at least 4 members (excludes halogenated alkanes) is 52. The number of ether oxygens (including phenoxy) is 9. The van der Waals surface area contributed by atoms with Crippen LogP contribution in [0.2, 0.25) is 0 Å². The molecule has 0 heterocycles. The molecule has 0 saturated heterocycles. The molecule has 584 valence electrons. The third-order valence-electron chi connectivity index (χ3n) is 20.2. The molecule has 0 saturated carbocycles. The van der Waals surface area contributed by atoms with E-state index in [2.05, 4.69) is 55.9 Å². The van der Waals surface area contributed by atoms with Crippen molar-refractivity contribution in [2.45, 2.75) is 399 Å². The first-order chi connectivity index (χ1) is 47.7. The Bertz CT molecular complexity index is 1320. The van der Waals surface area contributed by atoms with E-state index in [-0.39, 0.29) is 12.2 Å². The van der Waals surface area contributed by atoms with Gasteiger partial charge in [-0.1, -0.05) is 362 Å². The molecule has 0 rings (SSSR count). The summed E-state index contributed by atoms with van der Waals surface area (Å²) in [5, 5.41) is 0. The van der Waals surface area contributed by atoms with Crippen molar-refractivity contribution in [3.8, 4) is 0 Å². The predicted molar refractivity (Wildman–Crippen MR) is 420 cm³/mol. The summed E-state index contributed by atoms with van der Waals surface area (Å²) in [6.07, 6.45) is 77.3. The first-order valence-corrected chi connectivity index (χ1v) is 43.6. The molecule has 0 fully saturated rings. The summed E-state index contributed by atoms with van der Waals surface area (Å²) in [7, 11) is 9.21. The number of rotatable bonds is 88. The Kier molecular flexibility index (Phi) is 80.9. The van der Waals surface area contributed by atoms with Crippen LogP contribution in [0.3, 0.4) is 0 Å². The van der Waals surface area contributed by atoms with Crippen LogP contribution in [0, 0.1) is 0 Å². The van der Waals surface area contributed by atoms with Gasteiger partial charge in [-0.15, -0.1) is 0 Å². The lowest BCUT2D eigenvalue weighted by Gasteiger charge is -2.33. The standard InChI is InChI=1S/C86H178N2O9/c1-9-13-17-21-25-29-33-37-41-45-49-53-57-61-67-94-83-85(96-69-63-59-55-51-47-43-39-35-31-27-23-19-15-11-3)81-87(5,6)65-71-89-73-75-91-77-79-93-80-78-92-76-74-90-72-66-88(7,8)82-86(97-70-64-60-56-52-48-44-40-36-32-28-24-20-16-12-4)84-95-68-62-58-54-50-46-42-38-34-30-26-22-18-14-10-2/h85-86H,9-84H2,1-8H3/q+2. The molecule has 0 aliphatic carbocycles. The lowest BCUT2D eigenvalue weighted by Crippen LogP contribution is -2.49. The first-order valence-electron chi connectivity index (χ1n) is 43.6. The molecule has 0 aliphatic heterocycles. The molecule has 0 bridgehead atoms. The van der Waals surface area contributed by atoms with Gasteiger partial charge in [0.25, 0.3) is 0 Å². The number of likely N-dealkylation sites (N-methyl/N-ethyl adjacent to an activating group) is 2. The number of hydrogen-bond donors (Lipinski definition) is 0. The van der Waals surface area contributed by atoms with Gasteiger partial charge in [0.2, 0.25) is 0 Å². The molecule has 97 heavy (non-hydrogen) atoms. The smallest absolute Gasteiger partial charge is 0.130 e. The highest BCUT2D eigenvalue weighted by Crippen LogP contribution is 2.19. The summed E-state index contributed by atoms with van der Waals surface area (Å²) in [6, 6.07) is 0. The summed E-state index contributed by atoms with van der Waals surface area (Å²) in [6.45, 7) is 23.5. The number of quaternary nitrogens is 2. The maximum Gasteiger partial charge on any atom is 0.130 e. The van der Waals surface area contributed by atoms with Crippen LogP contribution in [0.1, 0.15) is 387 Å². The van der Waals surface area contributed by atoms with Crippen LogP contribution in [0.15, 0.2) is 0 Å². The quantitative estimate of drug-likeness (QED) is 0.0437. The van der Waals surface area contributed by atoms with Gasteiger partial charge in [-0.25, -0.2) is 0 Å². The van der Waals surface area contributed by atoms with Crippen LogP contribution >= 0.6 is 0 Å². The van der Waals surface area contributed by atoms with Crippen molar-refractivity contribution in [3.63, 3.8) is 0 Å². The second-order valence-corrected chi connectivity index (χ2v) is 31.3. The SMILES string of the molecule is CCCCCCCCCCCCCCCCOCC(C[N+](C)(C)CCOCCOCCOCCOCCOCC[N+](C)(C)CC(COCCCCCCCCCCCCCCCC)OCCCCCCCCCCCCCCCC)OCCCCCCCCCCCCCCCC. The second-order valence-electron chi connectivity index (χ2n) is 31.3. The summed E-state index contributed by atoms with van der Waals surface area (Å²) in [4.78, 5) is 0. The Morgan fingerprint density at radius 2 is 0.340 bits per heavy atom. The van der Waals surface area contributed by atoms with E-state index in [1.165, 1.54) is 334 Å². The zero-order valence-corrected chi connectivity index (χ0v) is 67.5. The fourth-order valence-corrected chi connectivity index (χ4v) is 13.5. The first kappa shape index (κ1) is 96.6. The van der Waals surface area contributed by atoms with Crippen LogP contribution in [-0.4, -0.2) is 181 Å². The molecule has 2 atom stereocenters. The van der Waals surface area contributed by atoms with Gasteiger partial charge in [0.1, 0.15) is 38.4 Å². The van der Waals surface area contributed by atoms with Gasteiger partial charge in [0.15, 0.2) is 0 Å². The third kappa shape index (κ3) is 81.1. The Labute approximate surface area is 608 Å². The van der Waals surface area contributed by atoms with Gasteiger partial charge in [-0.2, -0.15) is 0 Å². The van der Waals surface area contributed by atoms with Gasteiger partial charge < -0.3 is 51.6 Å². The van der Waals surface area contributed by atoms with E-state index in [0.29, 0.717) is 79.3 Å². The molecule has 0 aromatic carbocycles. The molecule has 11 heteroatoms. The average Bonchev–Trinajstić information content (AvgIpc) is 3.45. The number of nitrogens with zero attached hydrogens (tertiary/aromatic N) is 2. The molecule has 0 amide bonds. The minimum absolute atomic E-state index is 0.102. The average molecular weight is 1380 g/mol. The lowest BCUT2D eigenvalue weighted by molar-refractivity contribution is -0.894. The minimum Gasteiger partial charge on any atom is -0.379 e. The lowest BCUT2D eigenvalue weighted by atomic mass is 10.0. The summed E-state index contributed by atoms with van der Waals surface area (Å²) in [5.74, 6) is 0. The molecular formula is C86H178N2O9+2. The van der Waals surface area contributed by atoms with Crippen LogP contribution < -0.4 is 0 Å².